The SMILES string of the molecule is CCC(CN)C(=O)CC1CCOc2ccccc21. The molecule has 0 fully saturated rings. The first-order valence-electron chi connectivity index (χ1n) is 6.70. The van der Waals surface area contributed by atoms with E-state index in [1.54, 1.807) is 0 Å². The van der Waals surface area contributed by atoms with Crippen LogP contribution >= 0.6 is 0 Å². The summed E-state index contributed by atoms with van der Waals surface area (Å²) in [6, 6.07) is 8.02. The van der Waals surface area contributed by atoms with Gasteiger partial charge in [0, 0.05) is 18.9 Å². The molecule has 1 aromatic rings. The van der Waals surface area contributed by atoms with Crippen molar-refractivity contribution in [3.05, 3.63) is 29.8 Å². The van der Waals surface area contributed by atoms with Gasteiger partial charge in [0.25, 0.3) is 0 Å². The lowest BCUT2D eigenvalue weighted by Gasteiger charge is -2.26. The third-order valence-corrected chi connectivity index (χ3v) is 3.76. The van der Waals surface area contributed by atoms with E-state index in [9.17, 15) is 4.79 Å². The van der Waals surface area contributed by atoms with E-state index in [2.05, 4.69) is 6.07 Å². The molecule has 1 heterocycles. The van der Waals surface area contributed by atoms with Crippen molar-refractivity contribution in [1.82, 2.24) is 0 Å². The fourth-order valence-electron chi connectivity index (χ4n) is 2.56. The number of benzene rings is 1. The Morgan fingerprint density at radius 2 is 2.28 bits per heavy atom. The molecule has 2 N–H and O–H groups in total. The number of ether oxygens (including phenoxy) is 1. The van der Waals surface area contributed by atoms with Crippen LogP contribution in [0.4, 0.5) is 0 Å². The number of nitrogens with two attached hydrogens (primary N) is 1. The van der Waals surface area contributed by atoms with Crippen molar-refractivity contribution in [2.45, 2.75) is 32.1 Å². The van der Waals surface area contributed by atoms with Crippen LogP contribution in [0.5, 0.6) is 5.75 Å². The molecule has 3 nitrogen and oxygen atoms in total. The van der Waals surface area contributed by atoms with Gasteiger partial charge in [-0.1, -0.05) is 25.1 Å². The van der Waals surface area contributed by atoms with E-state index in [-0.39, 0.29) is 5.92 Å². The van der Waals surface area contributed by atoms with Gasteiger partial charge in [0.1, 0.15) is 11.5 Å². The molecule has 2 unspecified atom stereocenters. The van der Waals surface area contributed by atoms with Gasteiger partial charge in [-0.3, -0.25) is 4.79 Å². The minimum atomic E-state index is 0.0139. The highest BCUT2D eigenvalue weighted by Gasteiger charge is 2.25. The van der Waals surface area contributed by atoms with Crippen LogP contribution in [0.25, 0.3) is 0 Å². The van der Waals surface area contributed by atoms with Crippen molar-refractivity contribution in [1.29, 1.82) is 0 Å². The molecule has 1 aliphatic heterocycles. The summed E-state index contributed by atoms with van der Waals surface area (Å²) in [7, 11) is 0. The number of para-hydroxylation sites is 1. The van der Waals surface area contributed by atoms with Crippen LogP contribution in [0, 0.1) is 5.92 Å². The maximum absolute atomic E-state index is 12.2. The first-order chi connectivity index (χ1) is 8.76. The molecule has 0 saturated heterocycles. The van der Waals surface area contributed by atoms with Crippen LogP contribution in [-0.2, 0) is 4.79 Å². The van der Waals surface area contributed by atoms with Crippen molar-refractivity contribution >= 4 is 5.78 Å². The third-order valence-electron chi connectivity index (χ3n) is 3.76. The van der Waals surface area contributed by atoms with Crippen LogP contribution in [-0.4, -0.2) is 18.9 Å². The van der Waals surface area contributed by atoms with E-state index in [0.717, 1.165) is 18.6 Å². The Hall–Kier alpha value is -1.35. The second-order valence-electron chi connectivity index (χ2n) is 4.88. The number of Topliss-reactive ketones (excluding diaryl/α,β-unsaturated/α-hetero) is 1. The second-order valence-corrected chi connectivity index (χ2v) is 4.88. The van der Waals surface area contributed by atoms with Crippen molar-refractivity contribution in [3.63, 3.8) is 0 Å². The number of hydrogen-bond acceptors (Lipinski definition) is 3. The number of ketones is 1. The van der Waals surface area contributed by atoms with Crippen LogP contribution in [0.2, 0.25) is 0 Å². The lowest BCUT2D eigenvalue weighted by atomic mass is 9.85. The van der Waals surface area contributed by atoms with Gasteiger partial charge in [0.15, 0.2) is 0 Å². The second kappa shape index (κ2) is 6.01. The standard InChI is InChI=1S/C15H21NO2/c1-2-11(10-16)14(17)9-12-7-8-18-15-6-4-3-5-13(12)15/h3-6,11-12H,2,7-10,16H2,1H3. The Balaban J connectivity index is 2.09. The molecular weight excluding hydrogens is 226 g/mol. The smallest absolute Gasteiger partial charge is 0.137 e. The molecule has 3 heteroatoms. The molecule has 0 amide bonds. The average molecular weight is 247 g/mol. The van der Waals surface area contributed by atoms with Gasteiger partial charge in [0.05, 0.1) is 6.61 Å². The number of hydrogen-bond donors (Lipinski definition) is 1. The van der Waals surface area contributed by atoms with E-state index in [1.807, 2.05) is 25.1 Å². The van der Waals surface area contributed by atoms with Gasteiger partial charge in [0.2, 0.25) is 0 Å². The van der Waals surface area contributed by atoms with Crippen molar-refractivity contribution in [2.75, 3.05) is 13.2 Å². The van der Waals surface area contributed by atoms with Crippen molar-refractivity contribution < 1.29 is 9.53 Å². The molecule has 2 atom stereocenters. The summed E-state index contributed by atoms with van der Waals surface area (Å²) in [5, 5.41) is 0. The number of rotatable bonds is 5. The molecule has 0 aliphatic carbocycles. The summed E-state index contributed by atoms with van der Waals surface area (Å²) in [6.07, 6.45) is 2.35. The quantitative estimate of drug-likeness (QED) is 0.869. The zero-order valence-electron chi connectivity index (χ0n) is 10.9. The number of fused-ring (bicyclic) bond motifs is 1. The van der Waals surface area contributed by atoms with Gasteiger partial charge in [-0.15, -0.1) is 0 Å². The first-order valence-corrected chi connectivity index (χ1v) is 6.70. The molecule has 18 heavy (non-hydrogen) atoms. The van der Waals surface area contributed by atoms with Gasteiger partial charge < -0.3 is 10.5 Å². The predicted octanol–water partition coefficient (Wildman–Crippen LogP) is 2.50. The highest BCUT2D eigenvalue weighted by Crippen LogP contribution is 2.36. The molecule has 0 spiro atoms. The normalized spacial score (nSPS) is 19.8. The molecule has 0 radical (unpaired) electrons. The van der Waals surface area contributed by atoms with Crippen LogP contribution < -0.4 is 10.5 Å². The predicted molar refractivity (Wildman–Crippen MR) is 71.8 cm³/mol. The van der Waals surface area contributed by atoms with Crippen LogP contribution in [0.3, 0.4) is 0 Å². The van der Waals surface area contributed by atoms with E-state index < -0.39 is 0 Å². The molecule has 1 aliphatic rings. The first kappa shape index (κ1) is 13.1. The number of carbonyl (C=O) groups is 1. The maximum atomic E-state index is 12.2. The molecule has 98 valence electrons. The number of carbonyl (C=O) groups excluding carboxylic acids is 1. The summed E-state index contributed by atoms with van der Waals surface area (Å²) in [4.78, 5) is 12.2. The monoisotopic (exact) mass is 247 g/mol. The summed E-state index contributed by atoms with van der Waals surface area (Å²) in [6.45, 7) is 3.18. The molecule has 1 aromatic carbocycles. The summed E-state index contributed by atoms with van der Waals surface area (Å²) >= 11 is 0. The Morgan fingerprint density at radius 3 is 3.00 bits per heavy atom. The highest BCUT2D eigenvalue weighted by atomic mass is 16.5. The van der Waals surface area contributed by atoms with E-state index >= 15 is 0 Å². The lowest BCUT2D eigenvalue weighted by Crippen LogP contribution is -2.26. The molecule has 2 rings (SSSR count). The fourth-order valence-corrected chi connectivity index (χ4v) is 2.56. The van der Waals surface area contributed by atoms with Gasteiger partial charge in [-0.2, -0.15) is 0 Å². The van der Waals surface area contributed by atoms with E-state index in [4.69, 9.17) is 10.5 Å². The minimum absolute atomic E-state index is 0.0139. The molecule has 0 bridgehead atoms. The van der Waals surface area contributed by atoms with Gasteiger partial charge in [-0.05, 0) is 30.4 Å². The minimum Gasteiger partial charge on any atom is -0.493 e. The lowest BCUT2D eigenvalue weighted by molar-refractivity contribution is -0.123. The van der Waals surface area contributed by atoms with Gasteiger partial charge in [-0.25, -0.2) is 0 Å². The molecular formula is C15H21NO2. The van der Waals surface area contributed by atoms with Crippen molar-refractivity contribution in [3.8, 4) is 5.75 Å². The zero-order valence-corrected chi connectivity index (χ0v) is 10.9. The average Bonchev–Trinajstić information content (AvgIpc) is 2.40. The zero-order chi connectivity index (χ0) is 13.0. The topological polar surface area (TPSA) is 52.3 Å². The van der Waals surface area contributed by atoms with Crippen molar-refractivity contribution in [2.24, 2.45) is 11.7 Å². The Kier molecular flexibility index (Phi) is 4.37. The summed E-state index contributed by atoms with van der Waals surface area (Å²) in [5.41, 5.74) is 6.81. The van der Waals surface area contributed by atoms with Crippen LogP contribution in [0.1, 0.15) is 37.7 Å². The molecule has 0 aromatic heterocycles. The Bertz CT molecular complexity index is 413. The largest absolute Gasteiger partial charge is 0.493 e. The van der Waals surface area contributed by atoms with E-state index in [1.165, 1.54) is 5.56 Å². The third kappa shape index (κ3) is 2.72. The maximum Gasteiger partial charge on any atom is 0.137 e. The fraction of sp³-hybridized carbons (Fsp3) is 0.533. The molecule has 0 saturated carbocycles. The van der Waals surface area contributed by atoms with Crippen LogP contribution in [0.15, 0.2) is 24.3 Å². The van der Waals surface area contributed by atoms with E-state index in [0.29, 0.717) is 31.3 Å². The summed E-state index contributed by atoms with van der Waals surface area (Å²) < 4.78 is 5.61. The van der Waals surface area contributed by atoms with Gasteiger partial charge >= 0.3 is 0 Å². The Labute approximate surface area is 108 Å². The Morgan fingerprint density at radius 1 is 1.50 bits per heavy atom. The summed E-state index contributed by atoms with van der Waals surface area (Å²) in [5.74, 6) is 1.53. The highest BCUT2D eigenvalue weighted by molar-refractivity contribution is 5.82.